The van der Waals surface area contributed by atoms with Gasteiger partial charge in [0, 0.05) is 70.3 Å². The average molecular weight is 393 g/mol. The van der Waals surface area contributed by atoms with E-state index in [-0.39, 0.29) is 11.6 Å². The number of halogens is 1. The first-order chi connectivity index (χ1) is 11.4. The van der Waals surface area contributed by atoms with Crippen LogP contribution >= 0.6 is 15.9 Å². The van der Waals surface area contributed by atoms with E-state index in [1.807, 2.05) is 20.2 Å². The third-order valence-corrected chi connectivity index (χ3v) is 4.18. The Morgan fingerprint density at radius 3 is 2.83 bits per heavy atom. The van der Waals surface area contributed by atoms with Gasteiger partial charge in [0.25, 0.3) is 0 Å². The number of aromatic nitrogens is 1. The summed E-state index contributed by atoms with van der Waals surface area (Å²) in [6, 6.07) is 1.81. The van der Waals surface area contributed by atoms with E-state index < -0.39 is 0 Å². The predicted octanol–water partition coefficient (Wildman–Crippen LogP) is 2.79. The zero-order valence-corrected chi connectivity index (χ0v) is 15.7. The molecular weight excluding hydrogens is 372 g/mol. The predicted molar refractivity (Wildman–Crippen MR) is 96.5 cm³/mol. The van der Waals surface area contributed by atoms with Crippen LogP contribution in [0, 0.1) is 0 Å². The number of rotatable bonds is 8. The fourth-order valence-corrected chi connectivity index (χ4v) is 2.95. The third-order valence-electron chi connectivity index (χ3n) is 3.75. The van der Waals surface area contributed by atoms with Crippen LogP contribution < -0.4 is 0 Å². The van der Waals surface area contributed by atoms with Crippen molar-refractivity contribution in [3.05, 3.63) is 45.8 Å². The van der Waals surface area contributed by atoms with E-state index in [0.29, 0.717) is 41.6 Å². The van der Waals surface area contributed by atoms with Gasteiger partial charge in [0.2, 0.25) is 0 Å². The molecule has 5 nitrogen and oxygen atoms in total. The highest BCUT2D eigenvalue weighted by atomic mass is 79.9. The molecule has 0 radical (unpaired) electrons. The summed E-state index contributed by atoms with van der Waals surface area (Å²) in [5.41, 5.74) is 2.78. The van der Waals surface area contributed by atoms with Crippen molar-refractivity contribution in [3.8, 4) is 0 Å². The average Bonchev–Trinajstić information content (AvgIpc) is 2.91. The Morgan fingerprint density at radius 2 is 2.17 bits per heavy atom. The van der Waals surface area contributed by atoms with E-state index in [4.69, 9.17) is 4.74 Å². The Morgan fingerprint density at radius 1 is 1.42 bits per heavy atom. The molecule has 0 unspecified atom stereocenters. The number of Topliss-reactive ketones (excluding diaryl/α,β-unsaturated/α-hetero) is 1. The maximum atomic E-state index is 12.7. The number of allylic oxidation sites excluding steroid dienone is 3. The van der Waals surface area contributed by atoms with Gasteiger partial charge in [-0.2, -0.15) is 0 Å². The van der Waals surface area contributed by atoms with Gasteiger partial charge in [-0.1, -0.05) is 0 Å². The summed E-state index contributed by atoms with van der Waals surface area (Å²) in [5.74, 6) is -0.156. The quantitative estimate of drug-likeness (QED) is 0.386. The van der Waals surface area contributed by atoms with Crippen molar-refractivity contribution in [2.75, 3.05) is 27.8 Å². The summed E-state index contributed by atoms with van der Waals surface area (Å²) in [5, 5.41) is 0. The number of methoxy groups -OCH3 is 1. The van der Waals surface area contributed by atoms with E-state index in [1.165, 1.54) is 6.08 Å². The smallest absolute Gasteiger partial charge is 0.188 e. The Labute approximate surface area is 150 Å². The van der Waals surface area contributed by atoms with Crippen molar-refractivity contribution in [3.63, 3.8) is 0 Å². The van der Waals surface area contributed by atoms with Gasteiger partial charge in [-0.3, -0.25) is 9.59 Å². The molecule has 2 rings (SSSR count). The van der Waals surface area contributed by atoms with E-state index in [2.05, 4.69) is 20.9 Å². The lowest BCUT2D eigenvalue weighted by Gasteiger charge is -2.07. The summed E-state index contributed by atoms with van der Waals surface area (Å²) in [4.78, 5) is 31.3. The molecule has 128 valence electrons. The van der Waals surface area contributed by atoms with Gasteiger partial charge >= 0.3 is 0 Å². The molecule has 1 aliphatic rings. The van der Waals surface area contributed by atoms with Crippen LogP contribution in [-0.4, -0.2) is 49.3 Å². The summed E-state index contributed by atoms with van der Waals surface area (Å²) >= 11 is 3.34. The molecule has 6 heteroatoms. The van der Waals surface area contributed by atoms with Crippen LogP contribution in [0.2, 0.25) is 0 Å². The maximum Gasteiger partial charge on any atom is 0.188 e. The lowest BCUT2D eigenvalue weighted by molar-refractivity contribution is -0.116. The molecule has 1 aromatic rings. The molecule has 0 bridgehead atoms. The van der Waals surface area contributed by atoms with Crippen LogP contribution in [0.15, 0.2) is 34.7 Å². The van der Waals surface area contributed by atoms with E-state index >= 15 is 0 Å². The highest BCUT2D eigenvalue weighted by molar-refractivity contribution is 9.10. The molecule has 1 aliphatic carbocycles. The zero-order chi connectivity index (χ0) is 17.7. The number of pyridine rings is 1. The van der Waals surface area contributed by atoms with Gasteiger partial charge in [-0.25, -0.2) is 4.98 Å². The number of nitrogens with zero attached hydrogens (tertiary/aromatic N) is 2. The lowest BCUT2D eigenvalue weighted by atomic mass is 9.98. The van der Waals surface area contributed by atoms with Crippen LogP contribution in [0.5, 0.6) is 0 Å². The molecule has 0 atom stereocenters. The van der Waals surface area contributed by atoms with Gasteiger partial charge in [-0.15, -0.1) is 0 Å². The second-order valence-corrected chi connectivity index (χ2v) is 6.67. The standard InChI is InChI=1S/C18H21BrN2O3/c1-21(2)7-6-16(23)18-13-10-17(19)20-11-12(13)9-14(18)15(22)5-4-8-24-3/h6-7,10-11H,4-5,8-9H2,1-3H3/b7-6+. The molecule has 24 heavy (non-hydrogen) atoms. The first kappa shape index (κ1) is 18.5. The molecule has 1 aromatic heterocycles. The normalized spacial score (nSPS) is 13.5. The summed E-state index contributed by atoms with van der Waals surface area (Å²) in [7, 11) is 5.30. The first-order valence-electron chi connectivity index (χ1n) is 7.73. The molecule has 1 heterocycles. The third kappa shape index (κ3) is 4.39. The van der Waals surface area contributed by atoms with Crippen LogP contribution in [0.25, 0.3) is 5.57 Å². The first-order valence-corrected chi connectivity index (χ1v) is 8.52. The SMILES string of the molecule is COCCCC(=O)C1=C(C(=O)/C=C/N(C)C)c2cc(Br)ncc2C1. The Balaban J connectivity index is 2.38. The molecule has 0 amide bonds. The van der Waals surface area contributed by atoms with Crippen molar-refractivity contribution in [2.45, 2.75) is 19.3 Å². The number of fused-ring (bicyclic) bond motifs is 1. The molecule has 0 saturated heterocycles. The highest BCUT2D eigenvalue weighted by Gasteiger charge is 2.29. The maximum absolute atomic E-state index is 12.7. The van der Waals surface area contributed by atoms with Crippen molar-refractivity contribution in [1.29, 1.82) is 0 Å². The molecular formula is C18H21BrN2O3. The van der Waals surface area contributed by atoms with Crippen LogP contribution in [0.3, 0.4) is 0 Å². The largest absolute Gasteiger partial charge is 0.385 e. The molecule has 0 spiro atoms. The Bertz CT molecular complexity index is 708. The van der Waals surface area contributed by atoms with E-state index in [0.717, 1.165) is 11.1 Å². The fraction of sp³-hybridized carbons (Fsp3) is 0.389. The number of hydrogen-bond donors (Lipinski definition) is 0. The number of carbonyl (C=O) groups excluding carboxylic acids is 2. The number of hydrogen-bond acceptors (Lipinski definition) is 5. The van der Waals surface area contributed by atoms with Gasteiger partial charge < -0.3 is 9.64 Å². The molecule has 0 aliphatic heterocycles. The molecule has 0 aromatic carbocycles. The fourth-order valence-electron chi connectivity index (χ4n) is 2.62. The van der Waals surface area contributed by atoms with Gasteiger partial charge in [0.1, 0.15) is 4.60 Å². The zero-order valence-electron chi connectivity index (χ0n) is 14.1. The number of ether oxygens (including phenoxy) is 1. The van der Waals surface area contributed by atoms with Crippen LogP contribution in [0.1, 0.15) is 24.0 Å². The van der Waals surface area contributed by atoms with Gasteiger partial charge in [0.05, 0.1) is 0 Å². The summed E-state index contributed by atoms with van der Waals surface area (Å²) < 4.78 is 5.65. The molecule has 0 saturated carbocycles. The highest BCUT2D eigenvalue weighted by Crippen LogP contribution is 2.35. The minimum absolute atomic E-state index is 0.000903. The van der Waals surface area contributed by atoms with Crippen LogP contribution in [-0.2, 0) is 20.7 Å². The topological polar surface area (TPSA) is 59.5 Å². The lowest BCUT2D eigenvalue weighted by Crippen LogP contribution is -2.09. The molecule has 0 N–H and O–H groups in total. The summed E-state index contributed by atoms with van der Waals surface area (Å²) in [6.07, 6.45) is 6.39. The van der Waals surface area contributed by atoms with Crippen LogP contribution in [0.4, 0.5) is 0 Å². The number of carbonyl (C=O) groups is 2. The van der Waals surface area contributed by atoms with E-state index in [9.17, 15) is 9.59 Å². The van der Waals surface area contributed by atoms with Gasteiger partial charge in [-0.05, 0) is 39.5 Å². The van der Waals surface area contributed by atoms with E-state index in [1.54, 1.807) is 24.4 Å². The van der Waals surface area contributed by atoms with Gasteiger partial charge in [0.15, 0.2) is 11.6 Å². The summed E-state index contributed by atoms with van der Waals surface area (Å²) in [6.45, 7) is 0.531. The van der Waals surface area contributed by atoms with Crippen molar-refractivity contribution < 1.29 is 14.3 Å². The Hall–Kier alpha value is -1.79. The monoisotopic (exact) mass is 392 g/mol. The van der Waals surface area contributed by atoms with Crippen molar-refractivity contribution in [1.82, 2.24) is 9.88 Å². The number of ketones is 2. The van der Waals surface area contributed by atoms with Crippen molar-refractivity contribution >= 4 is 33.1 Å². The second kappa shape index (κ2) is 8.35. The molecule has 0 fully saturated rings. The Kier molecular flexibility index (Phi) is 6.45. The minimum atomic E-state index is -0.157. The van der Waals surface area contributed by atoms with Crippen molar-refractivity contribution in [2.24, 2.45) is 0 Å². The minimum Gasteiger partial charge on any atom is -0.385 e. The second-order valence-electron chi connectivity index (χ2n) is 5.86.